The van der Waals surface area contributed by atoms with Crippen molar-refractivity contribution in [3.8, 4) is 0 Å². The number of aryl methyl sites for hydroxylation is 2. The molecule has 2 aromatic rings. The molecule has 0 aliphatic carbocycles. The fourth-order valence-electron chi connectivity index (χ4n) is 2.29. The highest BCUT2D eigenvalue weighted by molar-refractivity contribution is 6.42. The quantitative estimate of drug-likeness (QED) is 0.821. The van der Waals surface area contributed by atoms with Gasteiger partial charge < -0.3 is 5.32 Å². The smallest absolute Gasteiger partial charge is 0.220 e. The zero-order chi connectivity index (χ0) is 15.9. The molecule has 0 spiro atoms. The molecule has 1 N–H and O–H groups in total. The Balaban J connectivity index is 1.75. The molecule has 22 heavy (non-hydrogen) atoms. The Morgan fingerprint density at radius 3 is 2.64 bits per heavy atom. The number of hydrogen-bond donors (Lipinski definition) is 1. The molecule has 0 unspecified atom stereocenters. The van der Waals surface area contributed by atoms with Crippen LogP contribution in [-0.2, 0) is 17.6 Å². The van der Waals surface area contributed by atoms with Crippen LogP contribution in [0.15, 0.2) is 42.5 Å². The van der Waals surface area contributed by atoms with E-state index in [2.05, 4.69) is 30.4 Å². The molecule has 1 amide bonds. The Labute approximate surface area is 141 Å². The van der Waals surface area contributed by atoms with Crippen LogP contribution in [0.2, 0.25) is 10.0 Å². The van der Waals surface area contributed by atoms with Crippen molar-refractivity contribution >= 4 is 29.1 Å². The molecule has 0 fully saturated rings. The van der Waals surface area contributed by atoms with Crippen molar-refractivity contribution in [1.82, 2.24) is 5.32 Å². The van der Waals surface area contributed by atoms with Gasteiger partial charge in [-0.1, -0.05) is 65.2 Å². The van der Waals surface area contributed by atoms with Gasteiger partial charge in [0.05, 0.1) is 10.0 Å². The van der Waals surface area contributed by atoms with Gasteiger partial charge in [0.15, 0.2) is 0 Å². The first-order chi connectivity index (χ1) is 10.6. The topological polar surface area (TPSA) is 29.1 Å². The van der Waals surface area contributed by atoms with Gasteiger partial charge in [-0.05, 0) is 37.0 Å². The second kappa shape index (κ2) is 8.21. The monoisotopic (exact) mass is 335 g/mol. The summed E-state index contributed by atoms with van der Waals surface area (Å²) in [6.45, 7) is 2.71. The maximum Gasteiger partial charge on any atom is 0.220 e. The van der Waals surface area contributed by atoms with E-state index in [1.807, 2.05) is 18.2 Å². The van der Waals surface area contributed by atoms with Crippen molar-refractivity contribution in [2.24, 2.45) is 0 Å². The zero-order valence-electron chi connectivity index (χ0n) is 12.5. The lowest BCUT2D eigenvalue weighted by molar-refractivity contribution is -0.121. The van der Waals surface area contributed by atoms with Crippen LogP contribution in [0.25, 0.3) is 0 Å². The van der Waals surface area contributed by atoms with Crippen molar-refractivity contribution < 1.29 is 4.79 Å². The van der Waals surface area contributed by atoms with Crippen molar-refractivity contribution in [1.29, 1.82) is 0 Å². The summed E-state index contributed by atoms with van der Waals surface area (Å²) in [5.41, 5.74) is 3.38. The Hall–Kier alpha value is -1.51. The van der Waals surface area contributed by atoms with Crippen molar-refractivity contribution in [2.45, 2.75) is 26.2 Å². The summed E-state index contributed by atoms with van der Waals surface area (Å²) in [6.07, 6.45) is 1.84. The number of hydrogen-bond acceptors (Lipinski definition) is 1. The third-order valence-corrected chi connectivity index (χ3v) is 4.33. The first kappa shape index (κ1) is 16.9. The van der Waals surface area contributed by atoms with Crippen LogP contribution in [0.1, 0.15) is 23.1 Å². The third-order valence-electron chi connectivity index (χ3n) is 3.47. The maximum absolute atomic E-state index is 11.9. The van der Waals surface area contributed by atoms with Gasteiger partial charge in [0.25, 0.3) is 0 Å². The molecule has 2 aromatic carbocycles. The standard InChI is InChI=1S/C18H19Cl2NO/c1-13-4-2-5-14(12-13)10-11-21-17(22)9-8-15-6-3-7-16(19)18(15)20/h2-7,12H,8-11H2,1H3,(H,21,22). The minimum absolute atomic E-state index is 0.0312. The van der Waals surface area contributed by atoms with Crippen molar-refractivity contribution in [3.63, 3.8) is 0 Å². The molecule has 2 rings (SSSR count). The summed E-state index contributed by atoms with van der Waals surface area (Å²) < 4.78 is 0. The maximum atomic E-state index is 11.9. The molecule has 4 heteroatoms. The van der Waals surface area contributed by atoms with Gasteiger partial charge in [0, 0.05) is 13.0 Å². The Morgan fingerprint density at radius 2 is 1.86 bits per heavy atom. The Bertz CT molecular complexity index is 655. The highest BCUT2D eigenvalue weighted by Gasteiger charge is 2.07. The fourth-order valence-corrected chi connectivity index (χ4v) is 2.71. The first-order valence-corrected chi connectivity index (χ1v) is 8.07. The van der Waals surface area contributed by atoms with E-state index < -0.39 is 0 Å². The van der Waals surface area contributed by atoms with E-state index in [1.54, 1.807) is 6.07 Å². The summed E-state index contributed by atoms with van der Waals surface area (Å²) >= 11 is 12.1. The highest BCUT2D eigenvalue weighted by atomic mass is 35.5. The minimum atomic E-state index is 0.0312. The Morgan fingerprint density at radius 1 is 1.09 bits per heavy atom. The normalized spacial score (nSPS) is 10.5. The molecule has 0 aromatic heterocycles. The summed E-state index contributed by atoms with van der Waals surface area (Å²) in [4.78, 5) is 11.9. The van der Waals surface area contributed by atoms with Crippen LogP contribution in [0, 0.1) is 6.92 Å². The lowest BCUT2D eigenvalue weighted by Crippen LogP contribution is -2.25. The molecule has 0 aliphatic rings. The second-order valence-electron chi connectivity index (χ2n) is 5.30. The predicted molar refractivity (Wildman–Crippen MR) is 92.7 cm³/mol. The summed E-state index contributed by atoms with van der Waals surface area (Å²) in [5.74, 6) is 0.0312. The summed E-state index contributed by atoms with van der Waals surface area (Å²) in [6, 6.07) is 13.8. The lowest BCUT2D eigenvalue weighted by atomic mass is 10.1. The van der Waals surface area contributed by atoms with Crippen LogP contribution in [0.4, 0.5) is 0 Å². The zero-order valence-corrected chi connectivity index (χ0v) is 14.0. The van der Waals surface area contributed by atoms with Crippen LogP contribution in [-0.4, -0.2) is 12.5 Å². The van der Waals surface area contributed by atoms with Crippen molar-refractivity contribution in [2.75, 3.05) is 6.54 Å². The predicted octanol–water partition coefficient (Wildman–Crippen LogP) is 4.59. The number of nitrogens with one attached hydrogen (secondary N) is 1. The van der Waals surface area contributed by atoms with Crippen LogP contribution < -0.4 is 5.32 Å². The van der Waals surface area contributed by atoms with Gasteiger partial charge in [0.1, 0.15) is 0 Å². The molecular weight excluding hydrogens is 317 g/mol. The first-order valence-electron chi connectivity index (χ1n) is 7.31. The number of rotatable bonds is 6. The van der Waals surface area contributed by atoms with Crippen molar-refractivity contribution in [3.05, 3.63) is 69.2 Å². The van der Waals surface area contributed by atoms with Gasteiger partial charge in [0.2, 0.25) is 5.91 Å². The number of amides is 1. The van der Waals surface area contributed by atoms with E-state index in [9.17, 15) is 4.79 Å². The second-order valence-corrected chi connectivity index (χ2v) is 6.09. The lowest BCUT2D eigenvalue weighted by Gasteiger charge is -2.07. The highest BCUT2D eigenvalue weighted by Crippen LogP contribution is 2.26. The molecule has 0 atom stereocenters. The molecular formula is C18H19Cl2NO. The van der Waals surface area contributed by atoms with Gasteiger partial charge in [-0.2, -0.15) is 0 Å². The fraction of sp³-hybridized carbons (Fsp3) is 0.278. The van der Waals surface area contributed by atoms with Crippen LogP contribution in [0.5, 0.6) is 0 Å². The Kier molecular flexibility index (Phi) is 6.29. The van der Waals surface area contributed by atoms with E-state index in [1.165, 1.54) is 11.1 Å². The molecule has 0 bridgehead atoms. The van der Waals surface area contributed by atoms with E-state index >= 15 is 0 Å². The third kappa shape index (κ3) is 5.04. The summed E-state index contributed by atoms with van der Waals surface area (Å²) in [7, 11) is 0. The van der Waals surface area contributed by atoms with E-state index in [4.69, 9.17) is 23.2 Å². The SMILES string of the molecule is Cc1cccc(CCNC(=O)CCc2cccc(Cl)c2Cl)c1. The van der Waals surface area contributed by atoms with Gasteiger partial charge in [-0.15, -0.1) is 0 Å². The van der Waals surface area contributed by atoms with Gasteiger partial charge >= 0.3 is 0 Å². The molecule has 0 saturated heterocycles. The number of carbonyl (C=O) groups is 1. The van der Waals surface area contributed by atoms with E-state index in [-0.39, 0.29) is 5.91 Å². The van der Waals surface area contributed by atoms with E-state index in [0.29, 0.717) is 29.4 Å². The summed E-state index contributed by atoms with van der Waals surface area (Å²) in [5, 5.41) is 4.01. The molecule has 116 valence electrons. The number of benzene rings is 2. The van der Waals surface area contributed by atoms with Crippen LogP contribution >= 0.6 is 23.2 Å². The molecule has 0 aliphatic heterocycles. The molecule has 0 radical (unpaired) electrons. The van der Waals surface area contributed by atoms with Gasteiger partial charge in [-0.3, -0.25) is 4.79 Å². The minimum Gasteiger partial charge on any atom is -0.356 e. The molecule has 2 nitrogen and oxygen atoms in total. The largest absolute Gasteiger partial charge is 0.356 e. The number of halogens is 2. The average Bonchev–Trinajstić information content (AvgIpc) is 2.49. The van der Waals surface area contributed by atoms with E-state index in [0.717, 1.165) is 12.0 Å². The molecule has 0 saturated carbocycles. The van der Waals surface area contributed by atoms with Gasteiger partial charge in [-0.25, -0.2) is 0 Å². The average molecular weight is 336 g/mol. The van der Waals surface area contributed by atoms with Crippen LogP contribution in [0.3, 0.4) is 0 Å². The number of carbonyl (C=O) groups excluding carboxylic acids is 1. The molecule has 0 heterocycles.